The third kappa shape index (κ3) is 3.76. The molecule has 5 nitrogen and oxygen atoms in total. The van der Waals surface area contributed by atoms with Crippen molar-refractivity contribution in [2.75, 3.05) is 24.7 Å². The molecule has 27 heavy (non-hydrogen) atoms. The van der Waals surface area contributed by atoms with E-state index < -0.39 is 10.0 Å². The van der Waals surface area contributed by atoms with Gasteiger partial charge in [-0.25, -0.2) is 8.42 Å². The molecule has 2 heterocycles. The second-order valence-electron chi connectivity index (χ2n) is 6.79. The van der Waals surface area contributed by atoms with E-state index in [1.807, 2.05) is 24.3 Å². The van der Waals surface area contributed by atoms with Crippen LogP contribution in [0, 0.1) is 0 Å². The third-order valence-electron chi connectivity index (χ3n) is 5.16. The van der Waals surface area contributed by atoms with Gasteiger partial charge >= 0.3 is 0 Å². The quantitative estimate of drug-likeness (QED) is 0.671. The molecule has 0 aromatic heterocycles. The van der Waals surface area contributed by atoms with Crippen molar-refractivity contribution in [1.29, 1.82) is 0 Å². The summed E-state index contributed by atoms with van der Waals surface area (Å²) in [5, 5.41) is 0.702. The maximum atomic E-state index is 13.0. The lowest BCUT2D eigenvalue weighted by molar-refractivity contribution is 0.0988. The number of benzene rings is 2. The van der Waals surface area contributed by atoms with Gasteiger partial charge in [0, 0.05) is 39.9 Å². The molecule has 2 aliphatic heterocycles. The predicted molar refractivity (Wildman–Crippen MR) is 110 cm³/mol. The fourth-order valence-corrected chi connectivity index (χ4v) is 6.39. The molecule has 2 aromatic rings. The van der Waals surface area contributed by atoms with Crippen molar-refractivity contribution in [3.63, 3.8) is 0 Å². The summed E-state index contributed by atoms with van der Waals surface area (Å²) < 4.78 is 33.8. The molecule has 2 aromatic carbocycles. The van der Waals surface area contributed by atoms with E-state index in [1.165, 1.54) is 0 Å². The summed E-state index contributed by atoms with van der Waals surface area (Å²) >= 11 is 9.45. The molecule has 0 saturated carbocycles. The van der Waals surface area contributed by atoms with Gasteiger partial charge in [-0.3, -0.25) is 0 Å². The van der Waals surface area contributed by atoms with Crippen LogP contribution in [0.2, 0.25) is 5.02 Å². The first-order valence-electron chi connectivity index (χ1n) is 8.84. The summed E-state index contributed by atoms with van der Waals surface area (Å²) in [6, 6.07) is 13.1. The van der Waals surface area contributed by atoms with E-state index in [2.05, 4.69) is 20.8 Å². The monoisotopic (exact) mass is 470 g/mol. The summed E-state index contributed by atoms with van der Waals surface area (Å²) in [4.78, 5) is 2.56. The lowest BCUT2D eigenvalue weighted by atomic mass is 10.0. The molecule has 0 aliphatic carbocycles. The van der Waals surface area contributed by atoms with Gasteiger partial charge < -0.3 is 9.64 Å². The van der Waals surface area contributed by atoms with Crippen LogP contribution >= 0.6 is 27.5 Å². The molecule has 0 atom stereocenters. The standard InChI is InChI=1S/C19H20BrClN2O3S/c20-17-3-1-2-4-19(17)27(24,25)22-9-7-16(8-10-22)23-13-26-12-14-11-15(21)5-6-18(14)23/h1-6,11,16H,7-10,12-13H2. The molecule has 1 fully saturated rings. The van der Waals surface area contributed by atoms with Crippen LogP contribution < -0.4 is 4.90 Å². The van der Waals surface area contributed by atoms with Crippen LogP contribution in [0.4, 0.5) is 5.69 Å². The number of hydrogen-bond acceptors (Lipinski definition) is 4. The summed E-state index contributed by atoms with van der Waals surface area (Å²) in [5.74, 6) is 0. The number of rotatable bonds is 3. The maximum Gasteiger partial charge on any atom is 0.244 e. The van der Waals surface area contributed by atoms with E-state index in [9.17, 15) is 8.42 Å². The Morgan fingerprint density at radius 3 is 2.59 bits per heavy atom. The van der Waals surface area contributed by atoms with Crippen LogP contribution in [0.5, 0.6) is 0 Å². The van der Waals surface area contributed by atoms with Crippen molar-refractivity contribution in [2.24, 2.45) is 0 Å². The lowest BCUT2D eigenvalue weighted by Crippen LogP contribution is -2.48. The van der Waals surface area contributed by atoms with E-state index in [1.54, 1.807) is 22.5 Å². The Morgan fingerprint density at radius 1 is 1.11 bits per heavy atom. The van der Waals surface area contributed by atoms with Crippen molar-refractivity contribution >= 4 is 43.2 Å². The zero-order valence-corrected chi connectivity index (χ0v) is 17.8. The van der Waals surface area contributed by atoms with Gasteiger partial charge in [0.15, 0.2) is 0 Å². The average molecular weight is 472 g/mol. The van der Waals surface area contributed by atoms with Crippen molar-refractivity contribution in [2.45, 2.75) is 30.4 Å². The number of halogens is 2. The van der Waals surface area contributed by atoms with Crippen LogP contribution in [-0.4, -0.2) is 38.6 Å². The molecule has 0 bridgehead atoms. The molecule has 4 rings (SSSR count). The van der Waals surface area contributed by atoms with E-state index in [-0.39, 0.29) is 6.04 Å². The minimum absolute atomic E-state index is 0.246. The van der Waals surface area contributed by atoms with Gasteiger partial charge in [0.2, 0.25) is 10.0 Å². The number of nitrogens with zero attached hydrogens (tertiary/aromatic N) is 2. The number of sulfonamides is 1. The van der Waals surface area contributed by atoms with Gasteiger partial charge in [0.1, 0.15) is 6.73 Å². The van der Waals surface area contributed by atoms with Gasteiger partial charge in [-0.1, -0.05) is 23.7 Å². The van der Waals surface area contributed by atoms with Gasteiger partial charge in [-0.2, -0.15) is 4.31 Å². The Balaban J connectivity index is 1.50. The molecular formula is C19H20BrClN2O3S. The van der Waals surface area contributed by atoms with E-state index in [0.29, 0.717) is 40.8 Å². The second-order valence-corrected chi connectivity index (χ2v) is 9.98. The first kappa shape index (κ1) is 19.2. The minimum Gasteiger partial charge on any atom is -0.356 e. The van der Waals surface area contributed by atoms with Gasteiger partial charge in [-0.15, -0.1) is 0 Å². The van der Waals surface area contributed by atoms with E-state index >= 15 is 0 Å². The summed E-state index contributed by atoms with van der Waals surface area (Å²) in [6.45, 7) is 2.07. The number of anilines is 1. The second kappa shape index (κ2) is 7.72. The Bertz CT molecular complexity index is 946. The van der Waals surface area contributed by atoms with Gasteiger partial charge in [0.05, 0.1) is 11.5 Å². The maximum absolute atomic E-state index is 13.0. The first-order chi connectivity index (χ1) is 13.0. The fraction of sp³-hybridized carbons (Fsp3) is 0.368. The largest absolute Gasteiger partial charge is 0.356 e. The molecular weight excluding hydrogens is 452 g/mol. The summed E-state index contributed by atoms with van der Waals surface area (Å²) in [7, 11) is -3.49. The number of ether oxygens (including phenoxy) is 1. The third-order valence-corrected chi connectivity index (χ3v) is 8.30. The highest BCUT2D eigenvalue weighted by Gasteiger charge is 2.34. The molecule has 0 unspecified atom stereocenters. The number of piperidine rings is 1. The molecule has 1 saturated heterocycles. The van der Waals surface area contributed by atoms with Crippen LogP contribution in [-0.2, 0) is 21.4 Å². The molecule has 0 spiro atoms. The number of hydrogen-bond donors (Lipinski definition) is 0. The van der Waals surface area contributed by atoms with E-state index in [4.69, 9.17) is 16.3 Å². The molecule has 0 radical (unpaired) electrons. The van der Waals surface area contributed by atoms with Crippen LogP contribution in [0.15, 0.2) is 51.8 Å². The Kier molecular flexibility index (Phi) is 5.49. The Hall–Kier alpha value is -1.12. The normalized spacial score (nSPS) is 19.1. The zero-order valence-electron chi connectivity index (χ0n) is 14.6. The predicted octanol–water partition coefficient (Wildman–Crippen LogP) is 4.25. The highest BCUT2D eigenvalue weighted by Crippen LogP contribution is 2.34. The minimum atomic E-state index is -3.49. The molecule has 0 N–H and O–H groups in total. The van der Waals surface area contributed by atoms with Crippen LogP contribution in [0.1, 0.15) is 18.4 Å². The van der Waals surface area contributed by atoms with Gasteiger partial charge in [-0.05, 0) is 59.1 Å². The molecule has 144 valence electrons. The number of fused-ring (bicyclic) bond motifs is 1. The van der Waals surface area contributed by atoms with Crippen LogP contribution in [0.3, 0.4) is 0 Å². The molecule has 8 heteroatoms. The van der Waals surface area contributed by atoms with Crippen molar-refractivity contribution in [3.8, 4) is 0 Å². The van der Waals surface area contributed by atoms with Crippen LogP contribution in [0.25, 0.3) is 0 Å². The van der Waals surface area contributed by atoms with E-state index in [0.717, 1.165) is 24.1 Å². The SMILES string of the molecule is O=S(=O)(c1ccccc1Br)N1CCC(N2COCc3cc(Cl)ccc32)CC1. The highest BCUT2D eigenvalue weighted by molar-refractivity contribution is 9.10. The Labute approximate surface area is 173 Å². The highest BCUT2D eigenvalue weighted by atomic mass is 79.9. The van der Waals surface area contributed by atoms with Crippen molar-refractivity contribution in [1.82, 2.24) is 4.31 Å². The fourth-order valence-electron chi connectivity index (χ4n) is 3.76. The Morgan fingerprint density at radius 2 is 1.85 bits per heavy atom. The van der Waals surface area contributed by atoms with Crippen molar-refractivity contribution < 1.29 is 13.2 Å². The average Bonchev–Trinajstić information content (AvgIpc) is 2.67. The molecule has 0 amide bonds. The topological polar surface area (TPSA) is 49.9 Å². The zero-order chi connectivity index (χ0) is 19.0. The smallest absolute Gasteiger partial charge is 0.244 e. The first-order valence-corrected chi connectivity index (χ1v) is 11.5. The summed E-state index contributed by atoms with van der Waals surface area (Å²) in [6.07, 6.45) is 1.52. The van der Waals surface area contributed by atoms with Crippen molar-refractivity contribution in [3.05, 3.63) is 57.5 Å². The molecule has 2 aliphatic rings. The van der Waals surface area contributed by atoms with Gasteiger partial charge in [0.25, 0.3) is 0 Å². The summed E-state index contributed by atoms with van der Waals surface area (Å²) in [5.41, 5.74) is 2.22. The lowest BCUT2D eigenvalue weighted by Gasteiger charge is -2.41.